The molecule has 1 heterocycles. The average molecular weight is 486 g/mol. The number of nitrogens with one attached hydrogen (secondary N) is 2. The van der Waals surface area contributed by atoms with Crippen molar-refractivity contribution in [3.63, 3.8) is 0 Å². The van der Waals surface area contributed by atoms with Crippen molar-refractivity contribution in [1.29, 1.82) is 0 Å². The molecule has 0 radical (unpaired) electrons. The summed E-state index contributed by atoms with van der Waals surface area (Å²) in [7, 11) is 1.82. The molecule has 0 spiro atoms. The van der Waals surface area contributed by atoms with Crippen LogP contribution < -0.4 is 15.4 Å². The minimum absolute atomic E-state index is 0. The Morgan fingerprint density at radius 1 is 1.30 bits per heavy atom. The van der Waals surface area contributed by atoms with Crippen molar-refractivity contribution < 1.29 is 4.74 Å². The Morgan fingerprint density at radius 2 is 1.93 bits per heavy atom. The van der Waals surface area contributed by atoms with Crippen LogP contribution in [0, 0.1) is 6.92 Å². The average Bonchev–Trinajstić information content (AvgIpc) is 2.61. The molecule has 0 saturated carbocycles. The minimum atomic E-state index is 0. The van der Waals surface area contributed by atoms with Gasteiger partial charge in [-0.15, -0.1) is 24.0 Å². The first-order valence-corrected chi connectivity index (χ1v) is 9.53. The maximum atomic E-state index is 5.95. The normalized spacial score (nSPS) is 17.0. The van der Waals surface area contributed by atoms with E-state index in [1.807, 2.05) is 19.2 Å². The third-order valence-electron chi connectivity index (χ3n) is 4.56. The predicted molar refractivity (Wildman–Crippen MR) is 125 cm³/mol. The number of guanidine groups is 1. The van der Waals surface area contributed by atoms with Gasteiger partial charge in [-0.3, -0.25) is 9.89 Å². The maximum absolute atomic E-state index is 5.95. The SMILES string of the molecule is C=C(C)CN1CCC(NC(=NC)NCC(C)Oc2ccc(C)cc2)CC1.I. The fourth-order valence-electron chi connectivity index (χ4n) is 3.14. The van der Waals surface area contributed by atoms with Gasteiger partial charge in [0, 0.05) is 32.7 Å². The first-order chi connectivity index (χ1) is 12.5. The second kappa shape index (κ2) is 12.2. The van der Waals surface area contributed by atoms with E-state index in [1.165, 1.54) is 11.1 Å². The first kappa shape index (κ1) is 23.8. The first-order valence-electron chi connectivity index (χ1n) is 9.53. The highest BCUT2D eigenvalue weighted by atomic mass is 127. The standard InChI is InChI=1S/C21H34N4O.HI/c1-16(2)15-25-12-10-19(11-13-25)24-21(22-5)23-14-18(4)26-20-8-6-17(3)7-9-20;/h6-9,18-19H,1,10-15H2,2-5H3,(H2,22,23,24);1H. The molecule has 1 aromatic rings. The molecule has 5 nitrogen and oxygen atoms in total. The molecular weight excluding hydrogens is 451 g/mol. The lowest BCUT2D eigenvalue weighted by Crippen LogP contribution is -2.50. The number of aryl methyl sites for hydroxylation is 1. The zero-order valence-corrected chi connectivity index (χ0v) is 19.5. The maximum Gasteiger partial charge on any atom is 0.191 e. The van der Waals surface area contributed by atoms with Crippen LogP contribution in [0.1, 0.15) is 32.3 Å². The van der Waals surface area contributed by atoms with Crippen LogP contribution in [-0.2, 0) is 0 Å². The van der Waals surface area contributed by atoms with E-state index >= 15 is 0 Å². The molecule has 2 N–H and O–H groups in total. The lowest BCUT2D eigenvalue weighted by molar-refractivity contribution is 0.216. The van der Waals surface area contributed by atoms with Gasteiger partial charge in [0.1, 0.15) is 11.9 Å². The monoisotopic (exact) mass is 486 g/mol. The van der Waals surface area contributed by atoms with Crippen LogP contribution in [0.5, 0.6) is 5.75 Å². The quantitative estimate of drug-likeness (QED) is 0.268. The van der Waals surface area contributed by atoms with Crippen LogP contribution in [0.4, 0.5) is 0 Å². The number of hydrogen-bond donors (Lipinski definition) is 2. The van der Waals surface area contributed by atoms with E-state index in [0.717, 1.165) is 44.2 Å². The van der Waals surface area contributed by atoms with Gasteiger partial charge >= 0.3 is 0 Å². The number of piperidine rings is 1. The van der Waals surface area contributed by atoms with Crippen molar-refractivity contribution in [2.75, 3.05) is 33.2 Å². The van der Waals surface area contributed by atoms with Gasteiger partial charge in [-0.05, 0) is 45.7 Å². The molecule has 1 aliphatic rings. The summed E-state index contributed by atoms with van der Waals surface area (Å²) in [4.78, 5) is 6.82. The Morgan fingerprint density at radius 3 is 2.48 bits per heavy atom. The second-order valence-corrected chi connectivity index (χ2v) is 7.35. The van der Waals surface area contributed by atoms with Crippen molar-refractivity contribution in [2.24, 2.45) is 4.99 Å². The van der Waals surface area contributed by atoms with Gasteiger partial charge in [-0.25, -0.2) is 0 Å². The molecule has 0 aliphatic carbocycles. The topological polar surface area (TPSA) is 48.9 Å². The number of nitrogens with zero attached hydrogens (tertiary/aromatic N) is 2. The molecule has 0 aromatic heterocycles. The lowest BCUT2D eigenvalue weighted by Gasteiger charge is -2.33. The zero-order chi connectivity index (χ0) is 18.9. The second-order valence-electron chi connectivity index (χ2n) is 7.35. The summed E-state index contributed by atoms with van der Waals surface area (Å²) in [6, 6.07) is 8.62. The highest BCUT2D eigenvalue weighted by molar-refractivity contribution is 14.0. The van der Waals surface area contributed by atoms with Crippen LogP contribution in [0.25, 0.3) is 0 Å². The van der Waals surface area contributed by atoms with Crippen LogP contribution in [0.3, 0.4) is 0 Å². The lowest BCUT2D eigenvalue weighted by atomic mass is 10.0. The van der Waals surface area contributed by atoms with E-state index in [1.54, 1.807) is 0 Å². The van der Waals surface area contributed by atoms with Gasteiger partial charge in [0.2, 0.25) is 0 Å². The van der Waals surface area contributed by atoms with E-state index in [2.05, 4.69) is 60.0 Å². The van der Waals surface area contributed by atoms with Crippen molar-refractivity contribution >= 4 is 29.9 Å². The number of aliphatic imine (C=N–C) groups is 1. The number of hydrogen-bond acceptors (Lipinski definition) is 3. The van der Waals surface area contributed by atoms with Crippen molar-refractivity contribution in [3.05, 3.63) is 42.0 Å². The highest BCUT2D eigenvalue weighted by Gasteiger charge is 2.20. The molecule has 0 bridgehead atoms. The molecule has 2 rings (SSSR count). The van der Waals surface area contributed by atoms with E-state index in [0.29, 0.717) is 12.6 Å². The van der Waals surface area contributed by atoms with Crippen LogP contribution in [0.2, 0.25) is 0 Å². The fourth-order valence-corrected chi connectivity index (χ4v) is 3.14. The van der Waals surface area contributed by atoms with Gasteiger partial charge in [0.15, 0.2) is 5.96 Å². The number of likely N-dealkylation sites (tertiary alicyclic amines) is 1. The Bertz CT molecular complexity index is 595. The van der Waals surface area contributed by atoms with Crippen molar-refractivity contribution in [3.8, 4) is 5.75 Å². The summed E-state index contributed by atoms with van der Waals surface area (Å²) in [6.07, 6.45) is 2.32. The van der Waals surface area contributed by atoms with E-state index in [-0.39, 0.29) is 30.1 Å². The molecule has 1 aromatic carbocycles. The molecular formula is C21H35IN4O. The Balaban J connectivity index is 0.00000364. The Labute approximate surface area is 181 Å². The number of ether oxygens (including phenoxy) is 1. The molecule has 1 fully saturated rings. The van der Waals surface area contributed by atoms with Gasteiger partial charge in [0.05, 0.1) is 6.54 Å². The molecule has 0 amide bonds. The highest BCUT2D eigenvalue weighted by Crippen LogP contribution is 2.13. The number of benzene rings is 1. The van der Waals surface area contributed by atoms with Crippen molar-refractivity contribution in [2.45, 2.75) is 45.8 Å². The molecule has 27 heavy (non-hydrogen) atoms. The minimum Gasteiger partial charge on any atom is -0.489 e. The largest absolute Gasteiger partial charge is 0.489 e. The molecule has 152 valence electrons. The molecule has 1 unspecified atom stereocenters. The molecule has 6 heteroatoms. The van der Waals surface area contributed by atoms with Gasteiger partial charge in [-0.1, -0.05) is 29.8 Å². The summed E-state index contributed by atoms with van der Waals surface area (Å²) >= 11 is 0. The zero-order valence-electron chi connectivity index (χ0n) is 17.1. The van der Waals surface area contributed by atoms with Crippen LogP contribution in [-0.4, -0.2) is 56.2 Å². The smallest absolute Gasteiger partial charge is 0.191 e. The molecule has 1 saturated heterocycles. The Kier molecular flexibility index (Phi) is 10.8. The Hall–Kier alpha value is -1.28. The van der Waals surface area contributed by atoms with Crippen LogP contribution >= 0.6 is 24.0 Å². The molecule has 1 aliphatic heterocycles. The van der Waals surface area contributed by atoms with Crippen LogP contribution in [0.15, 0.2) is 41.4 Å². The van der Waals surface area contributed by atoms with Crippen molar-refractivity contribution in [1.82, 2.24) is 15.5 Å². The summed E-state index contributed by atoms with van der Waals surface area (Å²) < 4.78 is 5.95. The summed E-state index contributed by atoms with van der Waals surface area (Å²) in [6.45, 7) is 14.2. The fraction of sp³-hybridized carbons (Fsp3) is 0.571. The summed E-state index contributed by atoms with van der Waals surface area (Å²) in [5.74, 6) is 1.75. The summed E-state index contributed by atoms with van der Waals surface area (Å²) in [5.41, 5.74) is 2.47. The number of halogens is 1. The van der Waals surface area contributed by atoms with Gasteiger partial charge in [0.25, 0.3) is 0 Å². The van der Waals surface area contributed by atoms with Gasteiger partial charge < -0.3 is 15.4 Å². The number of rotatable bonds is 7. The summed E-state index contributed by atoms with van der Waals surface area (Å²) in [5, 5.41) is 6.92. The predicted octanol–water partition coefficient (Wildman–Crippen LogP) is 3.59. The third kappa shape index (κ3) is 8.97. The van der Waals surface area contributed by atoms with E-state index in [9.17, 15) is 0 Å². The third-order valence-corrected chi connectivity index (χ3v) is 4.56. The molecule has 1 atom stereocenters. The van der Waals surface area contributed by atoms with Gasteiger partial charge in [-0.2, -0.15) is 0 Å². The van der Waals surface area contributed by atoms with E-state index in [4.69, 9.17) is 4.74 Å². The van der Waals surface area contributed by atoms with E-state index < -0.39 is 0 Å².